The van der Waals surface area contributed by atoms with Gasteiger partial charge in [-0.1, -0.05) is 6.07 Å². The third-order valence-electron chi connectivity index (χ3n) is 3.15. The molecule has 0 saturated carbocycles. The Balaban J connectivity index is 2.63. The van der Waals surface area contributed by atoms with Gasteiger partial charge in [0.05, 0.1) is 12.7 Å². The van der Waals surface area contributed by atoms with Crippen molar-refractivity contribution in [3.8, 4) is 5.75 Å². The summed E-state index contributed by atoms with van der Waals surface area (Å²) < 4.78 is 5.22. The minimum atomic E-state index is 0.0407. The van der Waals surface area contributed by atoms with Crippen LogP contribution in [0, 0.1) is 5.41 Å². The van der Waals surface area contributed by atoms with E-state index in [0.29, 0.717) is 11.3 Å². The highest BCUT2D eigenvalue weighted by Crippen LogP contribution is 2.20. The van der Waals surface area contributed by atoms with Crippen LogP contribution in [0.5, 0.6) is 5.75 Å². The summed E-state index contributed by atoms with van der Waals surface area (Å²) in [5.74, 6) is 0.690. The van der Waals surface area contributed by atoms with Crippen LogP contribution in [0.3, 0.4) is 0 Å². The van der Waals surface area contributed by atoms with Crippen LogP contribution < -0.4 is 10.5 Å². The number of rotatable bonds is 8. The summed E-state index contributed by atoms with van der Waals surface area (Å²) in [7, 11) is 7.87. The maximum absolute atomic E-state index is 7.60. The van der Waals surface area contributed by atoms with Crippen molar-refractivity contribution in [1.82, 2.24) is 9.80 Å². The van der Waals surface area contributed by atoms with Crippen LogP contribution in [-0.2, 0) is 6.54 Å². The van der Waals surface area contributed by atoms with Gasteiger partial charge in [0.15, 0.2) is 0 Å². The smallest absolute Gasteiger partial charge is 0.129 e. The molecular weight excluding hydrogens is 252 g/mol. The topological polar surface area (TPSA) is 65.6 Å². The summed E-state index contributed by atoms with van der Waals surface area (Å²) in [6.45, 7) is 2.98. The highest BCUT2D eigenvalue weighted by molar-refractivity contribution is 5.97. The lowest BCUT2D eigenvalue weighted by atomic mass is 10.1. The average Bonchev–Trinajstić information content (AvgIpc) is 2.38. The van der Waals surface area contributed by atoms with Crippen molar-refractivity contribution in [1.29, 1.82) is 5.41 Å². The molecule has 0 bridgehead atoms. The van der Waals surface area contributed by atoms with Gasteiger partial charge in [0.25, 0.3) is 0 Å². The lowest BCUT2D eigenvalue weighted by Crippen LogP contribution is -2.23. The molecular formula is C15H26N4O. The first kappa shape index (κ1) is 16.5. The molecule has 0 fully saturated rings. The Morgan fingerprint density at radius 3 is 2.50 bits per heavy atom. The third-order valence-corrected chi connectivity index (χ3v) is 3.15. The molecule has 1 aromatic rings. The maximum atomic E-state index is 7.60. The second-order valence-electron chi connectivity index (χ2n) is 5.34. The van der Waals surface area contributed by atoms with Gasteiger partial charge in [0.1, 0.15) is 11.6 Å². The Bertz CT molecular complexity index is 445. The zero-order valence-electron chi connectivity index (χ0n) is 12.9. The number of nitrogens with zero attached hydrogens (tertiary/aromatic N) is 2. The van der Waals surface area contributed by atoms with Crippen molar-refractivity contribution in [2.45, 2.75) is 13.0 Å². The highest BCUT2D eigenvalue weighted by atomic mass is 16.5. The number of amidine groups is 1. The Morgan fingerprint density at radius 1 is 1.25 bits per heavy atom. The van der Waals surface area contributed by atoms with Gasteiger partial charge >= 0.3 is 0 Å². The molecule has 5 nitrogen and oxygen atoms in total. The van der Waals surface area contributed by atoms with E-state index in [9.17, 15) is 0 Å². The van der Waals surface area contributed by atoms with Crippen LogP contribution in [0.15, 0.2) is 18.2 Å². The van der Waals surface area contributed by atoms with Gasteiger partial charge in [-0.3, -0.25) is 5.41 Å². The number of ether oxygens (including phenoxy) is 1. The highest BCUT2D eigenvalue weighted by Gasteiger charge is 2.08. The first-order chi connectivity index (χ1) is 9.43. The van der Waals surface area contributed by atoms with Gasteiger partial charge in [0, 0.05) is 6.54 Å². The molecule has 112 valence electrons. The number of benzene rings is 1. The van der Waals surface area contributed by atoms with Crippen molar-refractivity contribution in [2.75, 3.05) is 41.3 Å². The fraction of sp³-hybridized carbons (Fsp3) is 0.533. The van der Waals surface area contributed by atoms with E-state index < -0.39 is 0 Å². The number of hydrogen-bond donors (Lipinski definition) is 2. The molecule has 0 aliphatic heterocycles. The first-order valence-corrected chi connectivity index (χ1v) is 6.78. The monoisotopic (exact) mass is 278 g/mol. The van der Waals surface area contributed by atoms with E-state index in [-0.39, 0.29) is 5.84 Å². The van der Waals surface area contributed by atoms with Crippen LogP contribution in [0.25, 0.3) is 0 Å². The molecule has 0 unspecified atom stereocenters. The van der Waals surface area contributed by atoms with E-state index in [0.717, 1.165) is 31.6 Å². The summed E-state index contributed by atoms with van der Waals surface area (Å²) in [5.41, 5.74) is 7.39. The molecule has 3 N–H and O–H groups in total. The summed E-state index contributed by atoms with van der Waals surface area (Å²) in [6.07, 6.45) is 1.14. The standard InChI is InChI=1S/C15H26N4O/c1-18(2)8-5-9-19(3)11-12-6-7-14(20-4)13(10-12)15(16)17/h6-7,10H,5,8-9,11H2,1-4H3,(H3,16,17). The molecule has 1 aromatic carbocycles. The number of nitrogens with one attached hydrogen (secondary N) is 1. The van der Waals surface area contributed by atoms with Gasteiger partial charge in [-0.25, -0.2) is 0 Å². The van der Waals surface area contributed by atoms with Gasteiger partial charge < -0.3 is 20.3 Å². The molecule has 20 heavy (non-hydrogen) atoms. The predicted octanol–water partition coefficient (Wildman–Crippen LogP) is 1.36. The van der Waals surface area contributed by atoms with E-state index >= 15 is 0 Å². The first-order valence-electron chi connectivity index (χ1n) is 6.78. The minimum Gasteiger partial charge on any atom is -0.496 e. The molecule has 0 aliphatic rings. The summed E-state index contributed by atoms with van der Waals surface area (Å²) in [4.78, 5) is 4.46. The summed E-state index contributed by atoms with van der Waals surface area (Å²) in [5, 5.41) is 7.60. The number of nitrogens with two attached hydrogens (primary N) is 1. The summed E-state index contributed by atoms with van der Waals surface area (Å²) >= 11 is 0. The molecule has 5 heteroatoms. The van der Waals surface area contributed by atoms with Crippen LogP contribution in [0.1, 0.15) is 17.5 Å². The lowest BCUT2D eigenvalue weighted by Gasteiger charge is -2.19. The molecule has 0 heterocycles. The van der Waals surface area contributed by atoms with Gasteiger partial charge in [-0.2, -0.15) is 0 Å². The number of nitrogen functional groups attached to an aromatic ring is 1. The second kappa shape index (κ2) is 7.87. The van der Waals surface area contributed by atoms with Crippen LogP contribution in [-0.4, -0.2) is 57.0 Å². The fourth-order valence-electron chi connectivity index (χ4n) is 2.11. The van der Waals surface area contributed by atoms with Crippen molar-refractivity contribution in [2.24, 2.45) is 5.73 Å². The number of methoxy groups -OCH3 is 1. The van der Waals surface area contributed by atoms with Crippen molar-refractivity contribution < 1.29 is 4.74 Å². The number of hydrogen-bond acceptors (Lipinski definition) is 4. The molecule has 0 atom stereocenters. The van der Waals surface area contributed by atoms with Crippen LogP contribution >= 0.6 is 0 Å². The van der Waals surface area contributed by atoms with E-state index in [1.807, 2.05) is 18.2 Å². The normalized spacial score (nSPS) is 11.1. The fourth-order valence-corrected chi connectivity index (χ4v) is 2.11. The maximum Gasteiger partial charge on any atom is 0.129 e. The lowest BCUT2D eigenvalue weighted by molar-refractivity contribution is 0.294. The minimum absolute atomic E-state index is 0.0407. The SMILES string of the molecule is COc1ccc(CN(C)CCCN(C)C)cc1C(=N)N. The average molecular weight is 278 g/mol. The van der Waals surface area contributed by atoms with E-state index in [2.05, 4.69) is 30.9 Å². The summed E-state index contributed by atoms with van der Waals surface area (Å²) in [6, 6.07) is 5.83. The Labute approximate surface area is 121 Å². The van der Waals surface area contributed by atoms with Crippen molar-refractivity contribution >= 4 is 5.84 Å². The van der Waals surface area contributed by atoms with E-state index in [4.69, 9.17) is 15.9 Å². The Kier molecular flexibility index (Phi) is 6.48. The van der Waals surface area contributed by atoms with Gasteiger partial charge in [-0.15, -0.1) is 0 Å². The third kappa shape index (κ3) is 5.19. The largest absolute Gasteiger partial charge is 0.496 e. The molecule has 1 rings (SSSR count). The van der Waals surface area contributed by atoms with E-state index in [1.54, 1.807) is 7.11 Å². The molecule has 0 radical (unpaired) electrons. The molecule has 0 spiro atoms. The molecule has 0 saturated heterocycles. The molecule has 0 aromatic heterocycles. The zero-order chi connectivity index (χ0) is 15.1. The molecule has 0 aliphatic carbocycles. The van der Waals surface area contributed by atoms with Gasteiger partial charge in [-0.05, 0) is 58.3 Å². The predicted molar refractivity (Wildman–Crippen MR) is 83.5 cm³/mol. The second-order valence-corrected chi connectivity index (χ2v) is 5.34. The van der Waals surface area contributed by atoms with Gasteiger partial charge in [0.2, 0.25) is 0 Å². The zero-order valence-corrected chi connectivity index (χ0v) is 12.9. The quantitative estimate of drug-likeness (QED) is 0.557. The Hall–Kier alpha value is -1.59. The van der Waals surface area contributed by atoms with Crippen LogP contribution in [0.4, 0.5) is 0 Å². The van der Waals surface area contributed by atoms with Crippen LogP contribution in [0.2, 0.25) is 0 Å². The van der Waals surface area contributed by atoms with Crippen molar-refractivity contribution in [3.63, 3.8) is 0 Å². The van der Waals surface area contributed by atoms with Crippen molar-refractivity contribution in [3.05, 3.63) is 29.3 Å². The Morgan fingerprint density at radius 2 is 1.95 bits per heavy atom. The molecule has 0 amide bonds. The van der Waals surface area contributed by atoms with E-state index in [1.165, 1.54) is 0 Å².